The van der Waals surface area contributed by atoms with Crippen molar-refractivity contribution in [1.29, 1.82) is 0 Å². The third-order valence-corrected chi connectivity index (χ3v) is 6.56. The van der Waals surface area contributed by atoms with E-state index >= 15 is 0 Å². The highest BCUT2D eigenvalue weighted by Crippen LogP contribution is 2.37. The third kappa shape index (κ3) is 3.80. The molecule has 0 fully saturated rings. The van der Waals surface area contributed by atoms with Gasteiger partial charge >= 0.3 is 0 Å². The van der Waals surface area contributed by atoms with Gasteiger partial charge in [-0.25, -0.2) is 0 Å². The van der Waals surface area contributed by atoms with Crippen LogP contribution < -0.4 is 0 Å². The fraction of sp³-hybridized carbons (Fsp3) is 0.0526. The van der Waals surface area contributed by atoms with Gasteiger partial charge < -0.3 is 0 Å². The van der Waals surface area contributed by atoms with E-state index in [1.807, 2.05) is 48.5 Å². The van der Waals surface area contributed by atoms with E-state index in [-0.39, 0.29) is 0 Å². The van der Waals surface area contributed by atoms with Crippen LogP contribution in [0, 0.1) is 14.1 Å². The van der Waals surface area contributed by atoms with E-state index in [1.54, 1.807) is 0 Å². The Labute approximate surface area is 163 Å². The molecule has 0 heterocycles. The van der Waals surface area contributed by atoms with Gasteiger partial charge in [-0.05, 0) is 81.9 Å². The number of aryl methyl sites for hydroxylation is 1. The zero-order valence-corrected chi connectivity index (χ0v) is 16.8. The number of hydrogen-bond donors (Lipinski definition) is 0. The molecule has 0 saturated heterocycles. The molecule has 0 aliphatic rings. The summed E-state index contributed by atoms with van der Waals surface area (Å²) in [6.07, 6.45) is 0. The normalized spacial score (nSPS) is 11.1. The molecule has 0 N–H and O–H groups in total. The van der Waals surface area contributed by atoms with Gasteiger partial charge in [-0.3, -0.25) is 0 Å². The molecule has 0 aromatic heterocycles. The second-order valence-corrected chi connectivity index (χ2v) is 7.35. The zero-order chi connectivity index (χ0) is 16.2. The molecule has 0 spiro atoms. The van der Waals surface area contributed by atoms with Crippen molar-refractivity contribution in [3.63, 3.8) is 0 Å². The molecule has 0 aliphatic heterocycles. The Morgan fingerprint density at radius 1 is 0.739 bits per heavy atom. The van der Waals surface area contributed by atoms with E-state index in [1.165, 1.54) is 18.3 Å². The van der Waals surface area contributed by atoms with Crippen LogP contribution in [0.2, 0.25) is 0 Å². The molecule has 3 aromatic rings. The standard InChI is InChI=1S/C19H14I2N2/c1-13-11-12-16(20)19(21)18(13)15-9-5-6-10-17(15)23-22-14-7-3-2-4-8-14/h2-12H,1H3. The second-order valence-electron chi connectivity index (χ2n) is 5.11. The summed E-state index contributed by atoms with van der Waals surface area (Å²) in [5.74, 6) is 0. The summed E-state index contributed by atoms with van der Waals surface area (Å²) in [6, 6.07) is 22.3. The third-order valence-electron chi connectivity index (χ3n) is 3.51. The first-order valence-electron chi connectivity index (χ1n) is 7.17. The Balaban J connectivity index is 2.09. The van der Waals surface area contributed by atoms with Crippen LogP contribution in [-0.4, -0.2) is 0 Å². The van der Waals surface area contributed by atoms with Gasteiger partial charge in [-0.2, -0.15) is 5.11 Å². The largest absolute Gasteiger partial charge is 0.151 e. The Bertz CT molecular complexity index is 858. The number of halogens is 2. The number of nitrogens with zero attached hydrogens (tertiary/aromatic N) is 2. The van der Waals surface area contributed by atoms with Gasteiger partial charge in [0.05, 0.1) is 11.4 Å². The number of hydrogen-bond acceptors (Lipinski definition) is 2. The van der Waals surface area contributed by atoms with Crippen molar-refractivity contribution in [1.82, 2.24) is 0 Å². The predicted molar refractivity (Wildman–Crippen MR) is 113 cm³/mol. The fourth-order valence-corrected chi connectivity index (χ4v) is 3.70. The predicted octanol–water partition coefficient (Wildman–Crippen LogP) is 7.29. The lowest BCUT2D eigenvalue weighted by Crippen LogP contribution is -1.91. The van der Waals surface area contributed by atoms with E-state index in [0.29, 0.717) is 0 Å². The van der Waals surface area contributed by atoms with Crippen LogP contribution in [0.1, 0.15) is 5.56 Å². The van der Waals surface area contributed by atoms with Gasteiger partial charge in [0.25, 0.3) is 0 Å². The summed E-state index contributed by atoms with van der Waals surface area (Å²) in [7, 11) is 0. The molecule has 4 heteroatoms. The quantitative estimate of drug-likeness (QED) is 0.254. The second kappa shape index (κ2) is 7.53. The van der Waals surface area contributed by atoms with Gasteiger partial charge in [-0.15, -0.1) is 5.11 Å². The molecule has 3 rings (SSSR count). The number of azo groups is 1. The van der Waals surface area contributed by atoms with Crippen molar-refractivity contribution in [2.24, 2.45) is 10.2 Å². The maximum absolute atomic E-state index is 4.48. The SMILES string of the molecule is Cc1ccc(I)c(I)c1-c1ccccc1N=Nc1ccccc1. The maximum atomic E-state index is 4.48. The van der Waals surface area contributed by atoms with Crippen molar-refractivity contribution in [2.45, 2.75) is 6.92 Å². The minimum atomic E-state index is 0.858. The molecule has 0 aliphatic carbocycles. The van der Waals surface area contributed by atoms with Crippen LogP contribution in [0.15, 0.2) is 77.0 Å². The average molecular weight is 524 g/mol. The van der Waals surface area contributed by atoms with E-state index in [4.69, 9.17) is 0 Å². The van der Waals surface area contributed by atoms with Gasteiger partial charge in [-0.1, -0.05) is 42.5 Å². The van der Waals surface area contributed by atoms with Gasteiger partial charge in [0, 0.05) is 18.3 Å². The Hall–Kier alpha value is -1.28. The van der Waals surface area contributed by atoms with E-state index in [0.717, 1.165) is 16.9 Å². The highest BCUT2D eigenvalue weighted by Gasteiger charge is 2.13. The van der Waals surface area contributed by atoms with Crippen LogP contribution in [0.4, 0.5) is 11.4 Å². The lowest BCUT2D eigenvalue weighted by molar-refractivity contribution is 1.23. The molecule has 0 bridgehead atoms. The minimum absolute atomic E-state index is 0.858. The molecule has 0 atom stereocenters. The molecule has 23 heavy (non-hydrogen) atoms. The zero-order valence-electron chi connectivity index (χ0n) is 12.5. The first-order valence-corrected chi connectivity index (χ1v) is 9.33. The van der Waals surface area contributed by atoms with Crippen LogP contribution in [0.5, 0.6) is 0 Å². The molecular formula is C19H14I2N2. The van der Waals surface area contributed by atoms with E-state index in [9.17, 15) is 0 Å². The highest BCUT2D eigenvalue weighted by molar-refractivity contribution is 14.1. The van der Waals surface area contributed by atoms with Gasteiger partial charge in [0.2, 0.25) is 0 Å². The molecule has 0 unspecified atom stereocenters. The summed E-state index contributed by atoms with van der Waals surface area (Å²) >= 11 is 4.79. The smallest absolute Gasteiger partial charge is 0.0935 e. The number of benzene rings is 3. The van der Waals surface area contributed by atoms with Crippen molar-refractivity contribution >= 4 is 56.6 Å². The van der Waals surface area contributed by atoms with Crippen molar-refractivity contribution in [3.8, 4) is 11.1 Å². The molecule has 2 nitrogen and oxygen atoms in total. The average Bonchev–Trinajstić information content (AvgIpc) is 2.59. The van der Waals surface area contributed by atoms with Crippen LogP contribution in [0.25, 0.3) is 11.1 Å². The molecule has 3 aromatic carbocycles. The maximum Gasteiger partial charge on any atom is 0.0935 e. The summed E-state index contributed by atoms with van der Waals surface area (Å²) in [5, 5.41) is 8.85. The Morgan fingerprint density at radius 2 is 1.43 bits per heavy atom. The summed E-state index contributed by atoms with van der Waals surface area (Å²) in [4.78, 5) is 0. The first kappa shape index (κ1) is 16.6. The van der Waals surface area contributed by atoms with Gasteiger partial charge in [0.1, 0.15) is 0 Å². The van der Waals surface area contributed by atoms with E-state index < -0.39 is 0 Å². The topological polar surface area (TPSA) is 24.7 Å². The Kier molecular flexibility index (Phi) is 5.42. The lowest BCUT2D eigenvalue weighted by Gasteiger charge is -2.12. The summed E-state index contributed by atoms with van der Waals surface area (Å²) in [6.45, 7) is 2.14. The fourth-order valence-electron chi connectivity index (χ4n) is 2.36. The number of rotatable bonds is 3. The van der Waals surface area contributed by atoms with Crippen molar-refractivity contribution in [3.05, 3.63) is 79.4 Å². The Morgan fingerprint density at radius 3 is 2.22 bits per heavy atom. The lowest BCUT2D eigenvalue weighted by atomic mass is 9.99. The van der Waals surface area contributed by atoms with Crippen molar-refractivity contribution < 1.29 is 0 Å². The monoisotopic (exact) mass is 524 g/mol. The molecule has 0 saturated carbocycles. The first-order chi connectivity index (χ1) is 11.2. The molecule has 0 amide bonds. The minimum Gasteiger partial charge on any atom is -0.151 e. The van der Waals surface area contributed by atoms with Crippen LogP contribution in [0.3, 0.4) is 0 Å². The van der Waals surface area contributed by atoms with Crippen LogP contribution in [-0.2, 0) is 0 Å². The van der Waals surface area contributed by atoms with Crippen molar-refractivity contribution in [2.75, 3.05) is 0 Å². The highest BCUT2D eigenvalue weighted by atomic mass is 127. The molecule has 114 valence electrons. The van der Waals surface area contributed by atoms with Crippen LogP contribution >= 0.6 is 45.2 Å². The summed E-state index contributed by atoms with van der Waals surface area (Å²) < 4.78 is 2.50. The van der Waals surface area contributed by atoms with Gasteiger partial charge in [0.15, 0.2) is 0 Å². The van der Waals surface area contributed by atoms with E-state index in [2.05, 4.69) is 80.5 Å². The molecular weight excluding hydrogens is 510 g/mol. The summed E-state index contributed by atoms with van der Waals surface area (Å²) in [5.41, 5.74) is 5.35. The molecule has 0 radical (unpaired) electrons.